The molecule has 0 aromatic heterocycles. The van der Waals surface area contributed by atoms with Crippen LogP contribution in [-0.2, 0) is 4.79 Å². The average molecular weight is 268 g/mol. The van der Waals surface area contributed by atoms with Crippen LogP contribution < -0.4 is 10.1 Å². The quantitative estimate of drug-likeness (QED) is 0.584. The van der Waals surface area contributed by atoms with Crippen LogP contribution in [0.25, 0.3) is 0 Å². The van der Waals surface area contributed by atoms with E-state index in [1.54, 1.807) is 13.8 Å². The summed E-state index contributed by atoms with van der Waals surface area (Å²) in [7, 11) is 0. The van der Waals surface area contributed by atoms with Gasteiger partial charge in [0.1, 0.15) is 5.75 Å². The van der Waals surface area contributed by atoms with Crippen LogP contribution in [-0.4, -0.2) is 35.7 Å². The van der Waals surface area contributed by atoms with Gasteiger partial charge < -0.3 is 15.2 Å². The predicted octanol–water partition coefficient (Wildman–Crippen LogP) is 0.699. The van der Waals surface area contributed by atoms with Crippen LogP contribution in [0, 0.1) is 24.0 Å². The van der Waals surface area contributed by atoms with Gasteiger partial charge in [-0.15, -0.1) is 0 Å². The normalized spacial score (nSPS) is 10.1. The van der Waals surface area contributed by atoms with Crippen molar-refractivity contribution in [1.82, 2.24) is 5.32 Å². The van der Waals surface area contributed by atoms with Crippen molar-refractivity contribution in [3.63, 3.8) is 0 Å². The van der Waals surface area contributed by atoms with Gasteiger partial charge in [-0.05, 0) is 25.5 Å². The SMILES string of the molecule is Cc1cc([N+](=O)[O-])c(C)cc1OCC(=O)NCCO. The third kappa shape index (κ3) is 4.22. The number of carbonyl (C=O) groups is 1. The Bertz CT molecular complexity index is 487. The van der Waals surface area contributed by atoms with Crippen molar-refractivity contribution in [2.45, 2.75) is 13.8 Å². The molecule has 2 N–H and O–H groups in total. The molecule has 1 rings (SSSR count). The molecule has 0 atom stereocenters. The highest BCUT2D eigenvalue weighted by Crippen LogP contribution is 2.27. The van der Waals surface area contributed by atoms with Crippen LogP contribution in [0.4, 0.5) is 5.69 Å². The van der Waals surface area contributed by atoms with E-state index in [-0.39, 0.29) is 31.4 Å². The summed E-state index contributed by atoms with van der Waals surface area (Å²) in [4.78, 5) is 21.6. The molecule has 0 aliphatic rings. The molecule has 104 valence electrons. The van der Waals surface area contributed by atoms with Crippen molar-refractivity contribution in [3.05, 3.63) is 33.4 Å². The fraction of sp³-hybridized carbons (Fsp3) is 0.417. The molecule has 0 heterocycles. The van der Waals surface area contributed by atoms with Crippen molar-refractivity contribution in [3.8, 4) is 5.75 Å². The molecular weight excluding hydrogens is 252 g/mol. The second-order valence-corrected chi connectivity index (χ2v) is 4.02. The Morgan fingerprint density at radius 1 is 1.42 bits per heavy atom. The number of carbonyl (C=O) groups excluding carboxylic acids is 1. The van der Waals surface area contributed by atoms with Crippen LogP contribution >= 0.6 is 0 Å². The van der Waals surface area contributed by atoms with Gasteiger partial charge in [0, 0.05) is 18.2 Å². The lowest BCUT2D eigenvalue weighted by Crippen LogP contribution is -2.31. The van der Waals surface area contributed by atoms with Crippen LogP contribution in [0.3, 0.4) is 0 Å². The number of hydrogen-bond donors (Lipinski definition) is 2. The zero-order valence-electron chi connectivity index (χ0n) is 10.8. The fourth-order valence-corrected chi connectivity index (χ4v) is 1.52. The molecule has 0 bridgehead atoms. The first-order chi connectivity index (χ1) is 8.95. The monoisotopic (exact) mass is 268 g/mol. The molecule has 7 nitrogen and oxygen atoms in total. The summed E-state index contributed by atoms with van der Waals surface area (Å²) in [6.45, 7) is 3.11. The highest BCUT2D eigenvalue weighted by Gasteiger charge is 2.14. The topological polar surface area (TPSA) is 102 Å². The summed E-state index contributed by atoms with van der Waals surface area (Å²) in [5, 5.41) is 21.7. The Morgan fingerprint density at radius 3 is 2.68 bits per heavy atom. The van der Waals surface area contributed by atoms with E-state index >= 15 is 0 Å². The Morgan fingerprint density at radius 2 is 2.11 bits per heavy atom. The maximum atomic E-state index is 11.3. The molecule has 19 heavy (non-hydrogen) atoms. The molecule has 7 heteroatoms. The summed E-state index contributed by atoms with van der Waals surface area (Å²) in [6.07, 6.45) is 0. The van der Waals surface area contributed by atoms with Crippen molar-refractivity contribution < 1.29 is 19.6 Å². The molecule has 0 unspecified atom stereocenters. The average Bonchev–Trinajstić information content (AvgIpc) is 2.36. The number of amides is 1. The molecule has 1 amide bonds. The second kappa shape index (κ2) is 6.69. The molecule has 0 saturated heterocycles. The molecule has 0 aliphatic heterocycles. The number of aliphatic hydroxyl groups excluding tert-OH is 1. The van der Waals surface area contributed by atoms with E-state index in [4.69, 9.17) is 9.84 Å². The van der Waals surface area contributed by atoms with Gasteiger partial charge in [0.2, 0.25) is 0 Å². The van der Waals surface area contributed by atoms with Crippen LogP contribution in [0.15, 0.2) is 12.1 Å². The Balaban J connectivity index is 2.72. The van der Waals surface area contributed by atoms with E-state index in [9.17, 15) is 14.9 Å². The highest BCUT2D eigenvalue weighted by molar-refractivity contribution is 5.77. The number of nitro groups is 1. The lowest BCUT2D eigenvalue weighted by molar-refractivity contribution is -0.385. The van der Waals surface area contributed by atoms with E-state index in [0.29, 0.717) is 16.9 Å². The van der Waals surface area contributed by atoms with E-state index in [0.717, 1.165) is 0 Å². The van der Waals surface area contributed by atoms with E-state index in [1.165, 1.54) is 12.1 Å². The van der Waals surface area contributed by atoms with E-state index in [1.807, 2.05) is 0 Å². The largest absolute Gasteiger partial charge is 0.483 e. The third-order valence-corrected chi connectivity index (χ3v) is 2.48. The molecule has 0 fully saturated rings. The maximum Gasteiger partial charge on any atom is 0.272 e. The molecule has 0 radical (unpaired) electrons. The first kappa shape index (κ1) is 14.9. The molecule has 1 aromatic rings. The molecule has 1 aromatic carbocycles. The minimum atomic E-state index is -0.458. The van der Waals surface area contributed by atoms with Crippen LogP contribution in [0.1, 0.15) is 11.1 Å². The van der Waals surface area contributed by atoms with Crippen LogP contribution in [0.2, 0.25) is 0 Å². The van der Waals surface area contributed by atoms with Gasteiger partial charge in [-0.2, -0.15) is 0 Å². The van der Waals surface area contributed by atoms with Gasteiger partial charge >= 0.3 is 0 Å². The van der Waals surface area contributed by atoms with Gasteiger partial charge in [-0.1, -0.05) is 0 Å². The number of nitrogens with one attached hydrogen (secondary N) is 1. The number of ether oxygens (including phenoxy) is 1. The van der Waals surface area contributed by atoms with Gasteiger partial charge in [0.05, 0.1) is 11.5 Å². The molecular formula is C12H16N2O5. The zero-order chi connectivity index (χ0) is 14.4. The summed E-state index contributed by atoms with van der Waals surface area (Å²) in [5.41, 5.74) is 1.09. The van der Waals surface area contributed by atoms with Crippen molar-refractivity contribution in [2.75, 3.05) is 19.8 Å². The van der Waals surface area contributed by atoms with Crippen molar-refractivity contribution in [1.29, 1.82) is 0 Å². The Kier molecular flexibility index (Phi) is 5.25. The standard InChI is InChI=1S/C12H16N2O5/c1-8-6-11(9(2)5-10(8)14(17)18)19-7-12(16)13-3-4-15/h5-6,15H,3-4,7H2,1-2H3,(H,13,16). The predicted molar refractivity (Wildman–Crippen MR) is 68.2 cm³/mol. The smallest absolute Gasteiger partial charge is 0.272 e. The second-order valence-electron chi connectivity index (χ2n) is 4.02. The summed E-state index contributed by atoms with van der Waals surface area (Å²) >= 11 is 0. The van der Waals surface area contributed by atoms with Gasteiger partial charge in [-0.3, -0.25) is 14.9 Å². The number of aliphatic hydroxyl groups is 1. The number of rotatable bonds is 6. The zero-order valence-corrected chi connectivity index (χ0v) is 10.8. The Labute approximate surface area is 110 Å². The number of aryl methyl sites for hydroxylation is 2. The minimum Gasteiger partial charge on any atom is -0.483 e. The van der Waals surface area contributed by atoms with E-state index in [2.05, 4.69) is 5.32 Å². The fourth-order valence-electron chi connectivity index (χ4n) is 1.52. The van der Waals surface area contributed by atoms with Gasteiger partial charge in [0.25, 0.3) is 11.6 Å². The third-order valence-electron chi connectivity index (χ3n) is 2.48. The van der Waals surface area contributed by atoms with Crippen LogP contribution in [0.5, 0.6) is 5.75 Å². The molecule has 0 saturated carbocycles. The van der Waals surface area contributed by atoms with Gasteiger partial charge in [0.15, 0.2) is 6.61 Å². The highest BCUT2D eigenvalue weighted by atomic mass is 16.6. The summed E-state index contributed by atoms with van der Waals surface area (Å²) < 4.78 is 5.29. The van der Waals surface area contributed by atoms with E-state index < -0.39 is 4.92 Å². The lowest BCUT2D eigenvalue weighted by Gasteiger charge is -2.10. The maximum absolute atomic E-state index is 11.3. The number of nitrogens with zero attached hydrogens (tertiary/aromatic N) is 1. The molecule has 0 aliphatic carbocycles. The minimum absolute atomic E-state index is 0.0228. The number of benzene rings is 1. The molecule has 0 spiro atoms. The first-order valence-electron chi connectivity index (χ1n) is 5.71. The number of nitro benzene ring substituents is 1. The summed E-state index contributed by atoms with van der Waals surface area (Å²) in [6, 6.07) is 2.95. The first-order valence-corrected chi connectivity index (χ1v) is 5.71. The van der Waals surface area contributed by atoms with Crippen molar-refractivity contribution in [2.24, 2.45) is 0 Å². The lowest BCUT2D eigenvalue weighted by atomic mass is 10.1. The summed E-state index contributed by atoms with van der Waals surface area (Å²) in [5.74, 6) is 0.0757. The van der Waals surface area contributed by atoms with Gasteiger partial charge in [-0.25, -0.2) is 0 Å². The number of hydrogen-bond acceptors (Lipinski definition) is 5. The van der Waals surface area contributed by atoms with Crippen molar-refractivity contribution >= 4 is 11.6 Å². The Hall–Kier alpha value is -2.15.